The van der Waals surface area contributed by atoms with E-state index in [0.717, 1.165) is 22.3 Å². The van der Waals surface area contributed by atoms with Gasteiger partial charge in [0.15, 0.2) is 0 Å². The summed E-state index contributed by atoms with van der Waals surface area (Å²) in [5.41, 5.74) is 5.86. The summed E-state index contributed by atoms with van der Waals surface area (Å²) in [7, 11) is 0. The third kappa shape index (κ3) is 6.32. The van der Waals surface area contributed by atoms with Gasteiger partial charge in [-0.3, -0.25) is 4.99 Å². The Morgan fingerprint density at radius 3 is 1.77 bits per heavy atom. The van der Waals surface area contributed by atoms with Crippen molar-refractivity contribution in [1.29, 1.82) is 0 Å². The fourth-order valence-corrected chi connectivity index (χ4v) is 3.92. The van der Waals surface area contributed by atoms with E-state index in [9.17, 15) is 8.78 Å². The third-order valence-corrected chi connectivity index (χ3v) is 5.69. The maximum absolute atomic E-state index is 14.5. The van der Waals surface area contributed by atoms with Crippen LogP contribution in [0, 0.1) is 25.5 Å². The Kier molecular flexibility index (Phi) is 8.73. The Balaban J connectivity index is 0.00000342. The van der Waals surface area contributed by atoms with Crippen molar-refractivity contribution < 1.29 is 25.3 Å². The maximum atomic E-state index is 14.5. The van der Waals surface area contributed by atoms with Gasteiger partial charge in [-0.1, -0.05) is 79.0 Å². The SMILES string of the molecule is [CH2-]C(=Nc1ccc(F)cc1C(c1ccccc1)c1ccccc1)C(C)=Nc1ccc(F)cc1C.[Ni]. The van der Waals surface area contributed by atoms with Crippen LogP contribution < -0.4 is 0 Å². The minimum Gasteiger partial charge on any atom is -0.346 e. The van der Waals surface area contributed by atoms with Gasteiger partial charge in [0.2, 0.25) is 0 Å². The molecule has 4 aromatic rings. The molecule has 0 atom stereocenters. The molecule has 2 nitrogen and oxygen atoms in total. The van der Waals surface area contributed by atoms with Gasteiger partial charge in [-0.25, -0.2) is 15.7 Å². The molecule has 0 heterocycles. The molecule has 35 heavy (non-hydrogen) atoms. The maximum Gasteiger partial charge on any atom is 0.123 e. The molecule has 5 heteroatoms. The first kappa shape index (κ1) is 26.1. The fourth-order valence-electron chi connectivity index (χ4n) is 3.92. The smallest absolute Gasteiger partial charge is 0.123 e. The normalized spacial score (nSPS) is 11.9. The molecule has 4 rings (SSSR count). The van der Waals surface area contributed by atoms with Gasteiger partial charge in [0, 0.05) is 28.1 Å². The molecule has 0 spiro atoms. The second kappa shape index (κ2) is 11.7. The molecular formula is C30H25F2N2Ni-. The summed E-state index contributed by atoms with van der Waals surface area (Å²) in [6, 6.07) is 29.0. The number of aliphatic imine (C=N–C) groups is 2. The molecule has 0 N–H and O–H groups in total. The molecule has 0 radical (unpaired) electrons. The quantitative estimate of drug-likeness (QED) is 0.108. The molecule has 4 aromatic carbocycles. The van der Waals surface area contributed by atoms with Crippen LogP contribution in [0.4, 0.5) is 20.2 Å². The van der Waals surface area contributed by atoms with Gasteiger partial charge < -0.3 is 4.99 Å². The van der Waals surface area contributed by atoms with Crippen molar-refractivity contribution in [3.63, 3.8) is 0 Å². The van der Waals surface area contributed by atoms with Crippen LogP contribution in [-0.2, 0) is 16.5 Å². The first-order valence-corrected chi connectivity index (χ1v) is 11.0. The Hall–Kier alpha value is -3.56. The zero-order valence-corrected chi connectivity index (χ0v) is 20.5. The predicted molar refractivity (Wildman–Crippen MR) is 137 cm³/mol. The third-order valence-electron chi connectivity index (χ3n) is 5.69. The molecule has 0 aliphatic heterocycles. The summed E-state index contributed by atoms with van der Waals surface area (Å²) < 4.78 is 27.9. The topological polar surface area (TPSA) is 24.7 Å². The average Bonchev–Trinajstić information content (AvgIpc) is 2.84. The average molecular weight is 510 g/mol. The minimum absolute atomic E-state index is 0. The van der Waals surface area contributed by atoms with Gasteiger partial charge >= 0.3 is 0 Å². The molecule has 0 saturated carbocycles. The Labute approximate surface area is 215 Å². The second-order valence-electron chi connectivity index (χ2n) is 8.14. The van der Waals surface area contributed by atoms with Crippen molar-refractivity contribution in [3.05, 3.63) is 138 Å². The first-order valence-electron chi connectivity index (χ1n) is 11.0. The molecule has 0 unspecified atom stereocenters. The van der Waals surface area contributed by atoms with E-state index >= 15 is 0 Å². The van der Waals surface area contributed by atoms with Gasteiger partial charge in [-0.2, -0.15) is 0 Å². The van der Waals surface area contributed by atoms with E-state index in [1.807, 2.05) is 67.6 Å². The van der Waals surface area contributed by atoms with Gasteiger partial charge in [-0.05, 0) is 65.6 Å². The predicted octanol–water partition coefficient (Wildman–Crippen LogP) is 8.15. The summed E-state index contributed by atoms with van der Waals surface area (Å²) in [6.45, 7) is 7.71. The largest absolute Gasteiger partial charge is 0.346 e. The molecular weight excluding hydrogens is 485 g/mol. The Morgan fingerprint density at radius 1 is 0.714 bits per heavy atom. The number of hydrogen-bond donors (Lipinski definition) is 0. The van der Waals surface area contributed by atoms with E-state index in [2.05, 4.69) is 11.9 Å². The molecule has 0 amide bonds. The summed E-state index contributed by atoms with van der Waals surface area (Å²) >= 11 is 0. The number of hydrogen-bond acceptors (Lipinski definition) is 2. The molecule has 0 fully saturated rings. The van der Waals surface area contributed by atoms with Gasteiger partial charge in [0.05, 0.1) is 5.69 Å². The van der Waals surface area contributed by atoms with Crippen LogP contribution >= 0.6 is 0 Å². The van der Waals surface area contributed by atoms with E-state index in [1.54, 1.807) is 19.1 Å². The minimum atomic E-state index is -0.330. The van der Waals surface area contributed by atoms with Crippen LogP contribution in [0.3, 0.4) is 0 Å². The van der Waals surface area contributed by atoms with Crippen molar-refractivity contribution in [2.45, 2.75) is 19.8 Å². The van der Waals surface area contributed by atoms with Crippen molar-refractivity contribution >= 4 is 22.8 Å². The van der Waals surface area contributed by atoms with Gasteiger partial charge in [0.1, 0.15) is 11.6 Å². The number of nitrogens with zero attached hydrogens (tertiary/aromatic N) is 2. The summed E-state index contributed by atoms with van der Waals surface area (Å²) in [4.78, 5) is 9.34. The Bertz CT molecular complexity index is 1310. The first-order chi connectivity index (χ1) is 16.4. The molecule has 0 aliphatic carbocycles. The summed E-state index contributed by atoms with van der Waals surface area (Å²) in [5.74, 6) is -0.841. The monoisotopic (exact) mass is 509 g/mol. The standard InChI is InChI=1S/C30H25F2N2.Ni/c1-20-18-25(31)14-16-28(20)33-21(2)22(3)34-29-17-15-26(32)19-27(29)30(23-10-6-4-7-11-23)24-12-8-5-9-13-24;/h4-19,30H,3H2,1-2H3;/q-1;. The summed E-state index contributed by atoms with van der Waals surface area (Å²) in [6.07, 6.45) is 0. The van der Waals surface area contributed by atoms with Crippen LogP contribution in [0.25, 0.3) is 0 Å². The van der Waals surface area contributed by atoms with Crippen molar-refractivity contribution in [2.24, 2.45) is 9.98 Å². The van der Waals surface area contributed by atoms with Crippen LogP contribution in [0.5, 0.6) is 0 Å². The number of aryl methyl sites for hydroxylation is 1. The van der Waals surface area contributed by atoms with Gasteiger partial charge in [-0.15, -0.1) is 0 Å². The van der Waals surface area contributed by atoms with Crippen LogP contribution in [0.15, 0.2) is 107 Å². The van der Waals surface area contributed by atoms with E-state index in [-0.39, 0.29) is 34.0 Å². The molecule has 0 aromatic heterocycles. The number of benzene rings is 4. The number of halogens is 2. The zero-order valence-electron chi connectivity index (χ0n) is 19.5. The van der Waals surface area contributed by atoms with E-state index in [4.69, 9.17) is 4.99 Å². The molecule has 180 valence electrons. The van der Waals surface area contributed by atoms with Crippen molar-refractivity contribution in [2.75, 3.05) is 0 Å². The van der Waals surface area contributed by atoms with Crippen LogP contribution in [0.2, 0.25) is 0 Å². The van der Waals surface area contributed by atoms with E-state index in [1.165, 1.54) is 24.3 Å². The number of rotatable bonds is 6. The van der Waals surface area contributed by atoms with E-state index < -0.39 is 0 Å². The zero-order chi connectivity index (χ0) is 24.1. The van der Waals surface area contributed by atoms with E-state index in [0.29, 0.717) is 22.8 Å². The molecule has 0 bridgehead atoms. The van der Waals surface area contributed by atoms with Crippen LogP contribution in [-0.4, -0.2) is 11.4 Å². The molecule has 0 aliphatic rings. The fraction of sp³-hybridized carbons (Fsp3) is 0.100. The summed E-state index contributed by atoms with van der Waals surface area (Å²) in [5, 5.41) is 0. The Morgan fingerprint density at radius 2 is 1.23 bits per heavy atom. The van der Waals surface area contributed by atoms with Crippen LogP contribution in [0.1, 0.15) is 35.1 Å². The molecule has 0 saturated heterocycles. The second-order valence-corrected chi connectivity index (χ2v) is 8.14. The van der Waals surface area contributed by atoms with Crippen molar-refractivity contribution in [1.82, 2.24) is 0 Å². The van der Waals surface area contributed by atoms with Gasteiger partial charge in [0.25, 0.3) is 0 Å². The van der Waals surface area contributed by atoms with Crippen molar-refractivity contribution in [3.8, 4) is 0 Å².